The van der Waals surface area contributed by atoms with Crippen LogP contribution in [0.4, 0.5) is 15.3 Å². The summed E-state index contributed by atoms with van der Waals surface area (Å²) in [6.45, 7) is 10.3. The summed E-state index contributed by atoms with van der Waals surface area (Å²) in [5.74, 6) is -0.897. The Morgan fingerprint density at radius 3 is 2.38 bits per heavy atom. The number of hydrogen-bond donors (Lipinski definition) is 3. The average Bonchev–Trinajstić information content (AvgIpc) is 3.26. The molecular weight excluding hydrogens is 508 g/mol. The van der Waals surface area contributed by atoms with Crippen molar-refractivity contribution in [2.75, 3.05) is 63.9 Å². The lowest BCUT2D eigenvalue weighted by atomic mass is 10.1. The highest BCUT2D eigenvalue weighted by Gasteiger charge is 2.34. The Morgan fingerprint density at radius 1 is 1.08 bits per heavy atom. The number of rotatable bonds is 11. The summed E-state index contributed by atoms with van der Waals surface area (Å²) in [5, 5.41) is 12.8. The Hall–Kier alpha value is -3.71. The van der Waals surface area contributed by atoms with E-state index in [1.807, 2.05) is 13.8 Å². The molecule has 1 aromatic carbocycles. The zero-order valence-corrected chi connectivity index (χ0v) is 22.7. The van der Waals surface area contributed by atoms with Crippen LogP contribution in [0.2, 0.25) is 0 Å². The Kier molecular flexibility index (Phi) is 11.1. The number of hydrogen-bond acceptors (Lipinski definition) is 10. The molecule has 214 valence electrons. The van der Waals surface area contributed by atoms with Crippen LogP contribution in [0, 0.1) is 5.41 Å². The van der Waals surface area contributed by atoms with Gasteiger partial charge in [0.1, 0.15) is 18.5 Å². The molecule has 3 amide bonds. The van der Waals surface area contributed by atoms with Gasteiger partial charge in [-0.05, 0) is 45.0 Å². The van der Waals surface area contributed by atoms with Crippen molar-refractivity contribution in [1.29, 1.82) is 5.41 Å². The van der Waals surface area contributed by atoms with Gasteiger partial charge in [-0.1, -0.05) is 0 Å². The summed E-state index contributed by atoms with van der Waals surface area (Å²) < 4.78 is 15.5. The van der Waals surface area contributed by atoms with E-state index in [2.05, 4.69) is 20.4 Å². The van der Waals surface area contributed by atoms with Gasteiger partial charge in [0, 0.05) is 50.5 Å². The fourth-order valence-corrected chi connectivity index (χ4v) is 4.28. The standard InChI is InChI=1S/C26H38N6O7/c1-4-37-23(34)15-28-25(35)29-24(27)19-5-7-20(8-6-19)32-17-21(39-26(32)36)16-31-13-11-30(12-14-31)10-9-22(33)38-18(2)3/h5-8,18,21H,4,9-17H2,1-3H3,(H3,27,28,29,35). The Labute approximate surface area is 228 Å². The molecule has 0 spiro atoms. The van der Waals surface area contributed by atoms with E-state index in [0.717, 1.165) is 26.2 Å². The number of nitrogens with one attached hydrogen (secondary N) is 3. The molecule has 0 aliphatic carbocycles. The summed E-state index contributed by atoms with van der Waals surface area (Å²) >= 11 is 0. The molecule has 1 unspecified atom stereocenters. The number of amides is 3. The monoisotopic (exact) mass is 546 g/mol. The summed E-state index contributed by atoms with van der Waals surface area (Å²) in [7, 11) is 0. The number of ether oxygens (including phenoxy) is 3. The quantitative estimate of drug-likeness (QED) is 0.161. The van der Waals surface area contributed by atoms with Gasteiger partial charge < -0.3 is 24.4 Å². The number of urea groups is 1. The van der Waals surface area contributed by atoms with Crippen LogP contribution in [0.1, 0.15) is 32.8 Å². The first-order valence-electron chi connectivity index (χ1n) is 13.2. The van der Waals surface area contributed by atoms with Crippen molar-refractivity contribution in [1.82, 2.24) is 20.4 Å². The predicted octanol–water partition coefficient (Wildman–Crippen LogP) is 1.16. The molecule has 0 bridgehead atoms. The van der Waals surface area contributed by atoms with E-state index in [1.165, 1.54) is 0 Å². The smallest absolute Gasteiger partial charge is 0.414 e. The maximum atomic E-state index is 12.5. The molecule has 2 fully saturated rings. The first kappa shape index (κ1) is 29.8. The molecule has 0 saturated carbocycles. The van der Waals surface area contributed by atoms with Crippen LogP contribution in [0.25, 0.3) is 0 Å². The molecule has 2 aliphatic rings. The minimum atomic E-state index is -0.697. The molecule has 2 aliphatic heterocycles. The van der Waals surface area contributed by atoms with Crippen molar-refractivity contribution in [2.24, 2.45) is 0 Å². The molecule has 3 rings (SSSR count). The van der Waals surface area contributed by atoms with Gasteiger partial charge in [-0.2, -0.15) is 0 Å². The molecule has 1 aromatic rings. The number of nitrogens with zero attached hydrogens (tertiary/aromatic N) is 3. The van der Waals surface area contributed by atoms with Gasteiger partial charge in [-0.15, -0.1) is 0 Å². The molecule has 13 heteroatoms. The Bertz CT molecular complexity index is 1020. The first-order valence-corrected chi connectivity index (χ1v) is 13.2. The van der Waals surface area contributed by atoms with E-state index < -0.39 is 18.1 Å². The third kappa shape index (κ3) is 9.52. The molecule has 0 aromatic heterocycles. The minimum Gasteiger partial charge on any atom is -0.465 e. The highest BCUT2D eigenvalue weighted by Crippen LogP contribution is 2.23. The predicted molar refractivity (Wildman–Crippen MR) is 143 cm³/mol. The molecule has 0 radical (unpaired) electrons. The van der Waals surface area contributed by atoms with Crippen molar-refractivity contribution in [3.05, 3.63) is 29.8 Å². The zero-order chi connectivity index (χ0) is 28.4. The number of carbonyl (C=O) groups is 4. The lowest BCUT2D eigenvalue weighted by Gasteiger charge is -2.35. The Balaban J connectivity index is 1.41. The van der Waals surface area contributed by atoms with E-state index in [4.69, 9.17) is 19.6 Å². The number of piperazine rings is 1. The van der Waals surface area contributed by atoms with Gasteiger partial charge in [0.15, 0.2) is 0 Å². The van der Waals surface area contributed by atoms with Gasteiger partial charge in [0.25, 0.3) is 0 Å². The normalized spacial score (nSPS) is 18.0. The van der Waals surface area contributed by atoms with Crippen LogP contribution in [0.15, 0.2) is 24.3 Å². The average molecular weight is 547 g/mol. The highest BCUT2D eigenvalue weighted by molar-refractivity contribution is 6.06. The van der Waals surface area contributed by atoms with Crippen molar-refractivity contribution in [3.8, 4) is 0 Å². The lowest BCUT2D eigenvalue weighted by molar-refractivity contribution is -0.148. The summed E-state index contributed by atoms with van der Waals surface area (Å²) in [4.78, 5) is 53.6. The maximum Gasteiger partial charge on any atom is 0.414 e. The topological polar surface area (TPSA) is 154 Å². The molecule has 13 nitrogen and oxygen atoms in total. The molecular formula is C26H38N6O7. The lowest BCUT2D eigenvalue weighted by Crippen LogP contribution is -2.49. The Morgan fingerprint density at radius 2 is 1.74 bits per heavy atom. The SMILES string of the molecule is CCOC(=O)CNC(=O)NC(=N)c1ccc(N2CC(CN3CCN(CCC(=O)OC(C)C)CC3)OC2=O)cc1. The first-order chi connectivity index (χ1) is 18.6. The maximum absolute atomic E-state index is 12.5. The van der Waals surface area contributed by atoms with Crippen molar-refractivity contribution in [3.63, 3.8) is 0 Å². The third-order valence-electron chi connectivity index (χ3n) is 6.20. The van der Waals surface area contributed by atoms with Gasteiger partial charge >= 0.3 is 24.1 Å². The second-order valence-electron chi connectivity index (χ2n) is 9.58. The second-order valence-corrected chi connectivity index (χ2v) is 9.58. The fourth-order valence-electron chi connectivity index (χ4n) is 4.28. The number of anilines is 1. The molecule has 1 atom stereocenters. The van der Waals surface area contributed by atoms with Gasteiger partial charge in [0.05, 0.1) is 25.7 Å². The van der Waals surface area contributed by atoms with Gasteiger partial charge in [0.2, 0.25) is 0 Å². The number of cyclic esters (lactones) is 1. The van der Waals surface area contributed by atoms with E-state index in [0.29, 0.717) is 37.3 Å². The largest absolute Gasteiger partial charge is 0.465 e. The van der Waals surface area contributed by atoms with Crippen LogP contribution in [0.3, 0.4) is 0 Å². The summed E-state index contributed by atoms with van der Waals surface area (Å²) in [6.07, 6.45) is -0.422. The number of amidine groups is 1. The van der Waals surface area contributed by atoms with E-state index in [1.54, 1.807) is 36.1 Å². The molecule has 39 heavy (non-hydrogen) atoms. The number of esters is 2. The van der Waals surface area contributed by atoms with Crippen molar-refractivity contribution >= 4 is 35.6 Å². The summed E-state index contributed by atoms with van der Waals surface area (Å²) in [5.41, 5.74) is 1.06. The van der Waals surface area contributed by atoms with E-state index >= 15 is 0 Å². The van der Waals surface area contributed by atoms with Crippen LogP contribution in [-0.2, 0) is 23.8 Å². The van der Waals surface area contributed by atoms with Crippen molar-refractivity contribution in [2.45, 2.75) is 39.4 Å². The number of carbonyl (C=O) groups excluding carboxylic acids is 4. The number of benzene rings is 1. The van der Waals surface area contributed by atoms with Crippen LogP contribution >= 0.6 is 0 Å². The van der Waals surface area contributed by atoms with Crippen molar-refractivity contribution < 1.29 is 33.4 Å². The summed E-state index contributed by atoms with van der Waals surface area (Å²) in [6, 6.07) is 5.93. The second kappa shape index (κ2) is 14.4. The van der Waals surface area contributed by atoms with E-state index in [9.17, 15) is 19.2 Å². The van der Waals surface area contributed by atoms with Gasteiger partial charge in [-0.3, -0.25) is 30.1 Å². The third-order valence-corrected chi connectivity index (χ3v) is 6.20. The fraction of sp³-hybridized carbons (Fsp3) is 0.577. The van der Waals surface area contributed by atoms with Crippen LogP contribution < -0.4 is 15.5 Å². The molecule has 2 saturated heterocycles. The van der Waals surface area contributed by atoms with E-state index in [-0.39, 0.29) is 37.2 Å². The van der Waals surface area contributed by atoms with Crippen LogP contribution in [-0.4, -0.2) is 111 Å². The van der Waals surface area contributed by atoms with Gasteiger partial charge in [-0.25, -0.2) is 9.59 Å². The molecule has 2 heterocycles. The zero-order valence-electron chi connectivity index (χ0n) is 22.7. The highest BCUT2D eigenvalue weighted by atomic mass is 16.6. The van der Waals surface area contributed by atoms with Crippen LogP contribution in [0.5, 0.6) is 0 Å². The minimum absolute atomic E-state index is 0.102. The molecule has 3 N–H and O–H groups in total.